The number of unbranched alkanes of at least 4 members (excludes halogenated alkanes) is 5. The standard InChI is InChI=1S/C23H33ClN2O/c1-3-5-6-7-8-9-12-20-15-17-25-23(26-20)21-13-10-11-14-22(21)27-18-16-19(24)4-2/h10-11,13-15,17,19H,3-9,12,16,18H2,1-2H3. The predicted octanol–water partition coefficient (Wildman–Crippen LogP) is 6.83. The topological polar surface area (TPSA) is 35.0 Å². The zero-order valence-corrected chi connectivity index (χ0v) is 17.5. The molecule has 0 saturated carbocycles. The zero-order chi connectivity index (χ0) is 19.3. The number of aromatic nitrogens is 2. The minimum atomic E-state index is 0.161. The second-order valence-electron chi connectivity index (χ2n) is 7.03. The molecule has 0 aliphatic heterocycles. The van der Waals surface area contributed by atoms with Crippen LogP contribution in [0.25, 0.3) is 11.4 Å². The molecule has 0 bridgehead atoms. The lowest BCUT2D eigenvalue weighted by Gasteiger charge is -2.12. The van der Waals surface area contributed by atoms with E-state index < -0.39 is 0 Å². The quantitative estimate of drug-likeness (QED) is 0.278. The highest BCUT2D eigenvalue weighted by Crippen LogP contribution is 2.27. The Labute approximate surface area is 169 Å². The van der Waals surface area contributed by atoms with Crippen molar-refractivity contribution >= 4 is 11.6 Å². The molecule has 0 radical (unpaired) electrons. The largest absolute Gasteiger partial charge is 0.493 e. The van der Waals surface area contributed by atoms with Crippen molar-refractivity contribution in [3.8, 4) is 17.1 Å². The molecule has 1 aromatic heterocycles. The summed E-state index contributed by atoms with van der Waals surface area (Å²) in [5, 5.41) is 0.161. The van der Waals surface area contributed by atoms with Gasteiger partial charge in [-0.1, -0.05) is 58.1 Å². The van der Waals surface area contributed by atoms with Gasteiger partial charge in [-0.05, 0) is 43.9 Å². The Kier molecular flexibility index (Phi) is 10.2. The summed E-state index contributed by atoms with van der Waals surface area (Å²) in [6.45, 7) is 4.95. The van der Waals surface area contributed by atoms with Crippen molar-refractivity contribution in [1.82, 2.24) is 9.97 Å². The van der Waals surface area contributed by atoms with E-state index in [1.165, 1.54) is 38.5 Å². The lowest BCUT2D eigenvalue weighted by Crippen LogP contribution is -2.06. The van der Waals surface area contributed by atoms with Gasteiger partial charge in [0.2, 0.25) is 0 Å². The van der Waals surface area contributed by atoms with E-state index in [1.54, 1.807) is 0 Å². The highest BCUT2D eigenvalue weighted by Gasteiger charge is 2.10. The van der Waals surface area contributed by atoms with E-state index >= 15 is 0 Å². The van der Waals surface area contributed by atoms with Gasteiger partial charge >= 0.3 is 0 Å². The van der Waals surface area contributed by atoms with Gasteiger partial charge in [0.1, 0.15) is 5.75 Å². The first-order valence-electron chi connectivity index (χ1n) is 10.4. The summed E-state index contributed by atoms with van der Waals surface area (Å²) in [7, 11) is 0. The number of alkyl halides is 1. The molecular weight excluding hydrogens is 356 g/mol. The number of ether oxygens (including phenoxy) is 1. The highest BCUT2D eigenvalue weighted by atomic mass is 35.5. The number of aryl methyl sites for hydroxylation is 1. The predicted molar refractivity (Wildman–Crippen MR) is 115 cm³/mol. The Morgan fingerprint density at radius 3 is 2.59 bits per heavy atom. The van der Waals surface area contributed by atoms with E-state index in [9.17, 15) is 0 Å². The maximum absolute atomic E-state index is 6.19. The number of hydrogen-bond donors (Lipinski definition) is 0. The summed E-state index contributed by atoms with van der Waals surface area (Å²) in [6.07, 6.45) is 12.4. The summed E-state index contributed by atoms with van der Waals surface area (Å²) >= 11 is 6.19. The fraction of sp³-hybridized carbons (Fsp3) is 0.565. The molecule has 0 fully saturated rings. The van der Waals surface area contributed by atoms with Crippen LogP contribution < -0.4 is 4.74 Å². The van der Waals surface area contributed by atoms with Gasteiger partial charge in [-0.15, -0.1) is 11.6 Å². The van der Waals surface area contributed by atoms with E-state index in [0.717, 1.165) is 42.1 Å². The van der Waals surface area contributed by atoms with E-state index in [0.29, 0.717) is 6.61 Å². The average molecular weight is 389 g/mol. The summed E-state index contributed by atoms with van der Waals surface area (Å²) in [6, 6.07) is 10.0. The SMILES string of the molecule is CCCCCCCCc1ccnc(-c2ccccc2OCCC(Cl)CC)n1. The van der Waals surface area contributed by atoms with Crippen molar-refractivity contribution in [2.24, 2.45) is 0 Å². The Morgan fingerprint density at radius 1 is 1.00 bits per heavy atom. The van der Waals surface area contributed by atoms with E-state index in [-0.39, 0.29) is 5.38 Å². The zero-order valence-electron chi connectivity index (χ0n) is 16.8. The molecule has 148 valence electrons. The molecule has 0 aliphatic rings. The van der Waals surface area contributed by atoms with Gasteiger partial charge < -0.3 is 4.74 Å². The van der Waals surface area contributed by atoms with Crippen molar-refractivity contribution in [2.45, 2.75) is 77.0 Å². The number of halogens is 1. The van der Waals surface area contributed by atoms with Crippen LogP contribution in [0.1, 0.15) is 70.9 Å². The molecule has 0 spiro atoms. The maximum Gasteiger partial charge on any atom is 0.163 e. The average Bonchev–Trinajstić information content (AvgIpc) is 2.71. The van der Waals surface area contributed by atoms with Crippen LogP contribution in [-0.2, 0) is 6.42 Å². The van der Waals surface area contributed by atoms with Crippen LogP contribution >= 0.6 is 11.6 Å². The van der Waals surface area contributed by atoms with Gasteiger partial charge in [0.25, 0.3) is 0 Å². The van der Waals surface area contributed by atoms with Gasteiger partial charge in [0.15, 0.2) is 5.82 Å². The lowest BCUT2D eigenvalue weighted by molar-refractivity contribution is 0.308. The molecule has 4 heteroatoms. The van der Waals surface area contributed by atoms with Gasteiger partial charge in [-0.25, -0.2) is 9.97 Å². The molecule has 0 amide bonds. The first-order valence-corrected chi connectivity index (χ1v) is 10.9. The Morgan fingerprint density at radius 2 is 1.78 bits per heavy atom. The number of nitrogens with zero attached hydrogens (tertiary/aromatic N) is 2. The molecule has 1 unspecified atom stereocenters. The molecule has 3 nitrogen and oxygen atoms in total. The molecule has 1 heterocycles. The van der Waals surface area contributed by atoms with Crippen molar-refractivity contribution in [3.05, 3.63) is 42.2 Å². The van der Waals surface area contributed by atoms with Crippen LogP contribution in [0.3, 0.4) is 0 Å². The maximum atomic E-state index is 6.19. The third kappa shape index (κ3) is 7.88. The summed E-state index contributed by atoms with van der Waals surface area (Å²) in [4.78, 5) is 9.26. The molecular formula is C23H33ClN2O. The fourth-order valence-electron chi connectivity index (χ4n) is 3.03. The monoisotopic (exact) mass is 388 g/mol. The molecule has 0 N–H and O–H groups in total. The Balaban J connectivity index is 1.95. The van der Waals surface area contributed by atoms with Crippen LogP contribution in [0.5, 0.6) is 5.75 Å². The molecule has 1 atom stereocenters. The Hall–Kier alpha value is -1.61. The van der Waals surface area contributed by atoms with Gasteiger partial charge in [0, 0.05) is 17.3 Å². The summed E-state index contributed by atoms with van der Waals surface area (Å²) in [5.74, 6) is 1.57. The number of rotatable bonds is 13. The van der Waals surface area contributed by atoms with Crippen LogP contribution in [-0.4, -0.2) is 22.0 Å². The van der Waals surface area contributed by atoms with Gasteiger partial charge in [-0.3, -0.25) is 0 Å². The van der Waals surface area contributed by atoms with Crippen molar-refractivity contribution in [2.75, 3.05) is 6.61 Å². The lowest BCUT2D eigenvalue weighted by atomic mass is 10.1. The molecule has 1 aromatic carbocycles. The summed E-state index contributed by atoms with van der Waals surface area (Å²) in [5.41, 5.74) is 2.06. The van der Waals surface area contributed by atoms with Crippen LogP contribution in [0, 0.1) is 0 Å². The molecule has 27 heavy (non-hydrogen) atoms. The first kappa shape index (κ1) is 21.7. The molecule has 2 rings (SSSR count). The minimum Gasteiger partial charge on any atom is -0.493 e. The van der Waals surface area contributed by atoms with Crippen molar-refractivity contribution in [1.29, 1.82) is 0 Å². The summed E-state index contributed by atoms with van der Waals surface area (Å²) < 4.78 is 5.98. The van der Waals surface area contributed by atoms with E-state index in [4.69, 9.17) is 21.3 Å². The van der Waals surface area contributed by atoms with Crippen LogP contribution in [0.4, 0.5) is 0 Å². The van der Waals surface area contributed by atoms with E-state index in [2.05, 4.69) is 18.8 Å². The highest BCUT2D eigenvalue weighted by molar-refractivity contribution is 6.20. The fourth-order valence-corrected chi connectivity index (χ4v) is 3.12. The number of hydrogen-bond acceptors (Lipinski definition) is 3. The third-order valence-corrected chi connectivity index (χ3v) is 5.29. The van der Waals surface area contributed by atoms with E-state index in [1.807, 2.05) is 36.5 Å². The normalized spacial score (nSPS) is 12.1. The van der Waals surface area contributed by atoms with Crippen molar-refractivity contribution in [3.63, 3.8) is 0 Å². The Bertz CT molecular complexity index is 662. The number of benzene rings is 1. The van der Waals surface area contributed by atoms with Crippen LogP contribution in [0.15, 0.2) is 36.5 Å². The van der Waals surface area contributed by atoms with Gasteiger partial charge in [0.05, 0.1) is 12.2 Å². The van der Waals surface area contributed by atoms with Gasteiger partial charge in [-0.2, -0.15) is 0 Å². The first-order chi connectivity index (χ1) is 13.2. The third-order valence-electron chi connectivity index (χ3n) is 4.76. The smallest absolute Gasteiger partial charge is 0.163 e. The minimum absolute atomic E-state index is 0.161. The molecule has 0 aliphatic carbocycles. The van der Waals surface area contributed by atoms with Crippen molar-refractivity contribution < 1.29 is 4.74 Å². The second-order valence-corrected chi connectivity index (χ2v) is 7.65. The molecule has 0 saturated heterocycles. The van der Waals surface area contributed by atoms with Crippen LogP contribution in [0.2, 0.25) is 0 Å². The molecule has 2 aromatic rings. The second kappa shape index (κ2) is 12.7. The number of para-hydroxylation sites is 1.